The van der Waals surface area contributed by atoms with E-state index >= 15 is 0 Å². The van der Waals surface area contributed by atoms with Gasteiger partial charge in [-0.15, -0.1) is 0 Å². The normalized spacial score (nSPS) is 11.7. The smallest absolute Gasteiger partial charge is 0.136 e. The number of rotatable bonds is 5. The number of nitriles is 1. The van der Waals surface area contributed by atoms with E-state index in [1.54, 1.807) is 19.4 Å². The summed E-state index contributed by atoms with van der Waals surface area (Å²) in [6.45, 7) is 2.80. The van der Waals surface area contributed by atoms with Crippen molar-refractivity contribution in [3.05, 3.63) is 59.4 Å². The molecule has 0 saturated heterocycles. The molecular weight excluding hydrogens is 250 g/mol. The quantitative estimate of drug-likeness (QED) is 0.905. The summed E-state index contributed by atoms with van der Waals surface area (Å²) in [4.78, 5) is 4.11. The number of methoxy groups -OCH3 is 1. The minimum atomic E-state index is 0.213. The second-order valence-corrected chi connectivity index (χ2v) is 4.54. The summed E-state index contributed by atoms with van der Waals surface area (Å²) < 4.78 is 5.21. The minimum Gasteiger partial charge on any atom is -0.495 e. The van der Waals surface area contributed by atoms with Crippen molar-refractivity contribution in [2.24, 2.45) is 0 Å². The van der Waals surface area contributed by atoms with Crippen LogP contribution in [0.2, 0.25) is 0 Å². The zero-order valence-corrected chi connectivity index (χ0v) is 11.6. The molecule has 1 aromatic heterocycles. The average Bonchev–Trinajstić information content (AvgIpc) is 2.53. The fourth-order valence-electron chi connectivity index (χ4n) is 1.96. The third-order valence-electron chi connectivity index (χ3n) is 3.18. The summed E-state index contributed by atoms with van der Waals surface area (Å²) in [5.41, 5.74) is 2.78. The summed E-state index contributed by atoms with van der Waals surface area (Å²) in [5, 5.41) is 12.4. The van der Waals surface area contributed by atoms with E-state index < -0.39 is 0 Å². The summed E-state index contributed by atoms with van der Waals surface area (Å²) in [7, 11) is 1.58. The molecule has 0 spiro atoms. The van der Waals surface area contributed by atoms with Crippen molar-refractivity contribution in [3.63, 3.8) is 0 Å². The van der Waals surface area contributed by atoms with Gasteiger partial charge < -0.3 is 10.1 Å². The SMILES string of the molecule is COc1cc(CN[C@H](C)c2cccnc2)ccc1C#N. The Morgan fingerprint density at radius 2 is 2.25 bits per heavy atom. The van der Waals surface area contributed by atoms with Gasteiger partial charge in [-0.25, -0.2) is 0 Å². The minimum absolute atomic E-state index is 0.213. The number of hydrogen-bond acceptors (Lipinski definition) is 4. The van der Waals surface area contributed by atoms with E-state index in [9.17, 15) is 0 Å². The molecule has 0 fully saturated rings. The van der Waals surface area contributed by atoms with Gasteiger partial charge >= 0.3 is 0 Å². The summed E-state index contributed by atoms with van der Waals surface area (Å²) in [5.74, 6) is 0.612. The topological polar surface area (TPSA) is 57.9 Å². The molecule has 1 aromatic carbocycles. The first kappa shape index (κ1) is 14.0. The second-order valence-electron chi connectivity index (χ2n) is 4.54. The lowest BCUT2D eigenvalue weighted by atomic mass is 10.1. The molecule has 0 aliphatic carbocycles. The van der Waals surface area contributed by atoms with Crippen molar-refractivity contribution >= 4 is 0 Å². The Hall–Kier alpha value is -2.38. The van der Waals surface area contributed by atoms with Gasteiger partial charge in [0.15, 0.2) is 0 Å². The van der Waals surface area contributed by atoms with Crippen molar-refractivity contribution in [2.75, 3.05) is 7.11 Å². The fraction of sp³-hybridized carbons (Fsp3) is 0.250. The Kier molecular flexibility index (Phi) is 4.70. The van der Waals surface area contributed by atoms with Crippen LogP contribution in [0, 0.1) is 11.3 Å². The van der Waals surface area contributed by atoms with Crippen LogP contribution in [0.15, 0.2) is 42.7 Å². The number of benzene rings is 1. The summed E-state index contributed by atoms with van der Waals surface area (Å²) >= 11 is 0. The van der Waals surface area contributed by atoms with Gasteiger partial charge in [0, 0.05) is 25.0 Å². The maximum Gasteiger partial charge on any atom is 0.136 e. The molecule has 0 amide bonds. The van der Waals surface area contributed by atoms with Crippen LogP contribution < -0.4 is 10.1 Å². The van der Waals surface area contributed by atoms with Crippen LogP contribution in [0.5, 0.6) is 5.75 Å². The number of hydrogen-bond donors (Lipinski definition) is 1. The van der Waals surface area contributed by atoms with E-state index in [1.165, 1.54) is 0 Å². The molecule has 2 aromatic rings. The number of aromatic nitrogens is 1. The van der Waals surface area contributed by atoms with Gasteiger partial charge in [-0.2, -0.15) is 5.26 Å². The monoisotopic (exact) mass is 267 g/mol. The van der Waals surface area contributed by atoms with Crippen molar-refractivity contribution in [2.45, 2.75) is 19.5 Å². The molecule has 0 aliphatic rings. The van der Waals surface area contributed by atoms with Gasteiger partial charge in [0.2, 0.25) is 0 Å². The van der Waals surface area contributed by atoms with Crippen molar-refractivity contribution in [3.8, 4) is 11.8 Å². The van der Waals surface area contributed by atoms with Gasteiger partial charge in [-0.1, -0.05) is 12.1 Å². The maximum atomic E-state index is 8.95. The van der Waals surface area contributed by atoms with Crippen molar-refractivity contribution < 1.29 is 4.74 Å². The molecule has 0 unspecified atom stereocenters. The van der Waals surface area contributed by atoms with Crippen LogP contribution in [0.25, 0.3) is 0 Å². The summed E-state index contributed by atoms with van der Waals surface area (Å²) in [6, 6.07) is 11.9. The molecule has 0 radical (unpaired) electrons. The van der Waals surface area contributed by atoms with Crippen LogP contribution in [0.4, 0.5) is 0 Å². The lowest BCUT2D eigenvalue weighted by Crippen LogP contribution is -2.18. The van der Waals surface area contributed by atoms with Crippen LogP contribution in [-0.2, 0) is 6.54 Å². The molecular formula is C16H17N3O. The molecule has 4 nitrogen and oxygen atoms in total. The van der Waals surface area contributed by atoms with E-state index in [1.807, 2.05) is 30.5 Å². The number of nitrogens with zero attached hydrogens (tertiary/aromatic N) is 2. The number of nitrogens with one attached hydrogen (secondary N) is 1. The van der Waals surface area contributed by atoms with Gasteiger partial charge in [0.05, 0.1) is 12.7 Å². The molecule has 2 rings (SSSR count). The van der Waals surface area contributed by atoms with E-state index in [4.69, 9.17) is 10.00 Å². The highest BCUT2D eigenvalue weighted by Gasteiger charge is 2.07. The van der Waals surface area contributed by atoms with Crippen LogP contribution >= 0.6 is 0 Å². The Morgan fingerprint density at radius 3 is 2.90 bits per heavy atom. The molecule has 1 N–H and O–H groups in total. The van der Waals surface area contributed by atoms with Crippen molar-refractivity contribution in [1.29, 1.82) is 5.26 Å². The molecule has 102 valence electrons. The van der Waals surface area contributed by atoms with Crippen molar-refractivity contribution in [1.82, 2.24) is 10.3 Å². The number of ether oxygens (including phenoxy) is 1. The van der Waals surface area contributed by atoms with Crippen LogP contribution in [-0.4, -0.2) is 12.1 Å². The standard InChI is InChI=1S/C16H17N3O/c1-12(15-4-3-7-18-11-15)19-10-13-5-6-14(9-17)16(8-13)20-2/h3-8,11-12,19H,10H2,1-2H3/t12-/m1/s1. The highest BCUT2D eigenvalue weighted by molar-refractivity contribution is 5.45. The Balaban J connectivity index is 2.03. The van der Waals surface area contributed by atoms with Gasteiger partial charge in [-0.3, -0.25) is 4.98 Å². The predicted molar refractivity (Wildman–Crippen MR) is 77.2 cm³/mol. The summed E-state index contributed by atoms with van der Waals surface area (Å²) in [6.07, 6.45) is 3.62. The third kappa shape index (κ3) is 3.34. The lowest BCUT2D eigenvalue weighted by Gasteiger charge is -2.14. The predicted octanol–water partition coefficient (Wildman–Crippen LogP) is 2.81. The zero-order valence-electron chi connectivity index (χ0n) is 11.6. The zero-order chi connectivity index (χ0) is 14.4. The van der Waals surface area contributed by atoms with E-state index in [0.717, 1.165) is 11.1 Å². The first-order chi connectivity index (χ1) is 9.74. The molecule has 1 heterocycles. The molecule has 1 atom stereocenters. The van der Waals surface area contributed by atoms with E-state index in [-0.39, 0.29) is 6.04 Å². The average molecular weight is 267 g/mol. The maximum absolute atomic E-state index is 8.95. The number of pyridine rings is 1. The Labute approximate surface area is 119 Å². The first-order valence-electron chi connectivity index (χ1n) is 6.45. The Bertz CT molecular complexity index is 605. The van der Waals surface area contributed by atoms with Crippen LogP contribution in [0.1, 0.15) is 29.7 Å². The molecule has 0 saturated carbocycles. The highest BCUT2D eigenvalue weighted by atomic mass is 16.5. The van der Waals surface area contributed by atoms with E-state index in [0.29, 0.717) is 17.9 Å². The second kappa shape index (κ2) is 6.69. The fourth-order valence-corrected chi connectivity index (χ4v) is 1.96. The molecule has 4 heteroatoms. The third-order valence-corrected chi connectivity index (χ3v) is 3.18. The van der Waals surface area contributed by atoms with E-state index in [2.05, 4.69) is 23.3 Å². The molecule has 20 heavy (non-hydrogen) atoms. The van der Waals surface area contributed by atoms with Gasteiger partial charge in [0.1, 0.15) is 11.8 Å². The first-order valence-corrected chi connectivity index (χ1v) is 6.45. The molecule has 0 aliphatic heterocycles. The lowest BCUT2D eigenvalue weighted by molar-refractivity contribution is 0.412. The highest BCUT2D eigenvalue weighted by Crippen LogP contribution is 2.20. The van der Waals surface area contributed by atoms with Crippen LogP contribution in [0.3, 0.4) is 0 Å². The largest absolute Gasteiger partial charge is 0.495 e. The van der Waals surface area contributed by atoms with Gasteiger partial charge in [0.25, 0.3) is 0 Å². The Morgan fingerprint density at radius 1 is 1.40 bits per heavy atom. The van der Waals surface area contributed by atoms with Gasteiger partial charge in [-0.05, 0) is 36.2 Å². The molecule has 0 bridgehead atoms.